The zero-order chi connectivity index (χ0) is 17.9. The Labute approximate surface area is 150 Å². The third-order valence-corrected chi connectivity index (χ3v) is 3.90. The van der Waals surface area contributed by atoms with Crippen LogP contribution in [0.25, 0.3) is 0 Å². The second kappa shape index (κ2) is 11.1. The second-order valence-electron chi connectivity index (χ2n) is 5.96. The van der Waals surface area contributed by atoms with Gasteiger partial charge in [-0.2, -0.15) is 0 Å². The number of carbonyl (C=O) groups is 1. The molecule has 1 aromatic carbocycles. The summed E-state index contributed by atoms with van der Waals surface area (Å²) in [7, 11) is -0.248. The summed E-state index contributed by atoms with van der Waals surface area (Å²) in [6, 6.07) is 9.99. The smallest absolute Gasteiger partial charge is 0.457 e. The van der Waals surface area contributed by atoms with Crippen molar-refractivity contribution < 1.29 is 23.6 Å². The van der Waals surface area contributed by atoms with Crippen molar-refractivity contribution in [1.82, 2.24) is 0 Å². The minimum Gasteiger partial charge on any atom is -0.463 e. The van der Waals surface area contributed by atoms with Gasteiger partial charge in [-0.1, -0.05) is 50.1 Å². The molecular formula is C19H27BO5. The van der Waals surface area contributed by atoms with E-state index in [9.17, 15) is 4.79 Å². The lowest BCUT2D eigenvalue weighted by Gasteiger charge is -2.15. The molecule has 0 saturated carbocycles. The van der Waals surface area contributed by atoms with Gasteiger partial charge in [0.15, 0.2) is 0 Å². The maximum absolute atomic E-state index is 11.5. The first-order valence-corrected chi connectivity index (χ1v) is 9.00. The number of esters is 1. The fraction of sp³-hybridized carbons (Fsp3) is 0.526. The lowest BCUT2D eigenvalue weighted by Crippen LogP contribution is -2.26. The minimum absolute atomic E-state index is 0.226. The van der Waals surface area contributed by atoms with E-state index in [1.807, 2.05) is 30.3 Å². The van der Waals surface area contributed by atoms with Gasteiger partial charge in [-0.25, -0.2) is 4.79 Å². The molecule has 2 rings (SSSR count). The van der Waals surface area contributed by atoms with Crippen LogP contribution in [0.2, 0.25) is 6.32 Å². The summed E-state index contributed by atoms with van der Waals surface area (Å²) in [4.78, 5) is 11.5. The van der Waals surface area contributed by atoms with Crippen LogP contribution in [0.4, 0.5) is 0 Å². The summed E-state index contributed by atoms with van der Waals surface area (Å²) < 4.78 is 22.6. The largest absolute Gasteiger partial charge is 0.463 e. The summed E-state index contributed by atoms with van der Waals surface area (Å²) >= 11 is 0. The molecule has 0 unspecified atom stereocenters. The van der Waals surface area contributed by atoms with Crippen LogP contribution in [0.15, 0.2) is 42.5 Å². The Kier molecular flexibility index (Phi) is 8.73. The molecule has 1 saturated heterocycles. The number of hydrogen-bond donors (Lipinski definition) is 0. The highest BCUT2D eigenvalue weighted by Crippen LogP contribution is 2.22. The van der Waals surface area contributed by atoms with Crippen LogP contribution >= 0.6 is 0 Å². The lowest BCUT2D eigenvalue weighted by molar-refractivity contribution is -0.137. The summed E-state index contributed by atoms with van der Waals surface area (Å²) in [5, 5.41) is 0. The van der Waals surface area contributed by atoms with Crippen molar-refractivity contribution in [3.63, 3.8) is 0 Å². The summed E-state index contributed by atoms with van der Waals surface area (Å²) in [6.45, 7) is 5.20. The molecule has 2 atom stereocenters. The van der Waals surface area contributed by atoms with Gasteiger partial charge in [0.2, 0.25) is 0 Å². The number of unbranched alkanes of at least 4 members (excludes halogenated alkanes) is 1. The van der Waals surface area contributed by atoms with E-state index in [0.717, 1.165) is 24.7 Å². The molecule has 0 spiro atoms. The summed E-state index contributed by atoms with van der Waals surface area (Å²) in [5.74, 6) is -0.368. The van der Waals surface area contributed by atoms with Crippen molar-refractivity contribution in [2.75, 3.05) is 13.2 Å². The molecule has 1 heterocycles. The molecule has 5 nitrogen and oxygen atoms in total. The van der Waals surface area contributed by atoms with E-state index in [-0.39, 0.29) is 25.3 Å². The molecule has 1 aromatic rings. The molecule has 1 fully saturated rings. The lowest BCUT2D eigenvalue weighted by atomic mass is 9.83. The minimum atomic E-state index is -0.368. The highest BCUT2D eigenvalue weighted by atomic mass is 16.7. The Morgan fingerprint density at radius 2 is 2.04 bits per heavy atom. The van der Waals surface area contributed by atoms with Crippen LogP contribution in [-0.4, -0.2) is 38.5 Å². The van der Waals surface area contributed by atoms with Crippen LogP contribution in [0.1, 0.15) is 32.3 Å². The molecule has 0 amide bonds. The van der Waals surface area contributed by atoms with E-state index in [0.29, 0.717) is 19.8 Å². The van der Waals surface area contributed by atoms with E-state index >= 15 is 0 Å². The third kappa shape index (κ3) is 7.02. The second-order valence-corrected chi connectivity index (χ2v) is 5.96. The van der Waals surface area contributed by atoms with Crippen LogP contribution in [0.5, 0.6) is 0 Å². The highest BCUT2D eigenvalue weighted by Gasteiger charge is 2.37. The van der Waals surface area contributed by atoms with Gasteiger partial charge in [0.05, 0.1) is 32.0 Å². The quantitative estimate of drug-likeness (QED) is 0.369. The van der Waals surface area contributed by atoms with Gasteiger partial charge < -0.3 is 18.8 Å². The van der Waals surface area contributed by atoms with Gasteiger partial charge in [-0.15, -0.1) is 0 Å². The van der Waals surface area contributed by atoms with Crippen molar-refractivity contribution in [2.24, 2.45) is 0 Å². The predicted molar refractivity (Wildman–Crippen MR) is 97.1 cm³/mol. The standard InChI is InChI=1S/C19H27BO5/c1-3-5-13-20-24-17(11-12-19(21)23-4-2)18(25-20)15-22-14-16-9-7-6-8-10-16/h6-12,17-18H,3-5,13-15H2,1-2H3/b12-11+/t17-,18+/m0/s1. The van der Waals surface area contributed by atoms with Crippen LogP contribution in [0.3, 0.4) is 0 Å². The fourth-order valence-corrected chi connectivity index (χ4v) is 2.61. The van der Waals surface area contributed by atoms with Crippen molar-refractivity contribution in [3.05, 3.63) is 48.0 Å². The molecule has 0 aromatic heterocycles. The molecular weight excluding hydrogens is 319 g/mol. The molecule has 1 aliphatic rings. The Hall–Kier alpha value is -1.63. The average Bonchev–Trinajstić information content (AvgIpc) is 3.01. The SMILES string of the molecule is CCCCB1O[C@@H](/C=C/C(=O)OCC)[C@@H](COCc2ccccc2)O1. The van der Waals surface area contributed by atoms with Gasteiger partial charge in [-0.05, 0) is 24.9 Å². The van der Waals surface area contributed by atoms with Crippen molar-refractivity contribution in [3.8, 4) is 0 Å². The maximum Gasteiger partial charge on any atom is 0.457 e. The molecule has 0 N–H and O–H groups in total. The number of carbonyl (C=O) groups excluding carboxylic acids is 1. The average molecular weight is 346 g/mol. The van der Waals surface area contributed by atoms with Crippen LogP contribution < -0.4 is 0 Å². The van der Waals surface area contributed by atoms with Crippen LogP contribution in [0, 0.1) is 0 Å². The normalized spacial score (nSPS) is 20.3. The Bertz CT molecular complexity index is 534. The predicted octanol–water partition coefficient (Wildman–Crippen LogP) is 3.39. The van der Waals surface area contributed by atoms with Gasteiger partial charge >= 0.3 is 13.1 Å². The zero-order valence-corrected chi connectivity index (χ0v) is 15.1. The summed E-state index contributed by atoms with van der Waals surface area (Å²) in [6.07, 6.45) is 5.55. The molecule has 0 aliphatic carbocycles. The molecule has 0 radical (unpaired) electrons. The monoisotopic (exact) mass is 346 g/mol. The fourth-order valence-electron chi connectivity index (χ4n) is 2.61. The van der Waals surface area contributed by atoms with Gasteiger partial charge in [-0.3, -0.25) is 0 Å². The Morgan fingerprint density at radius 1 is 1.24 bits per heavy atom. The number of benzene rings is 1. The summed E-state index contributed by atoms with van der Waals surface area (Å²) in [5.41, 5.74) is 1.11. The molecule has 1 aliphatic heterocycles. The van der Waals surface area contributed by atoms with E-state index in [1.54, 1.807) is 13.0 Å². The number of rotatable bonds is 10. The molecule has 25 heavy (non-hydrogen) atoms. The van der Waals surface area contributed by atoms with Crippen molar-refractivity contribution in [1.29, 1.82) is 0 Å². The van der Waals surface area contributed by atoms with Crippen molar-refractivity contribution >= 4 is 13.1 Å². The first-order chi connectivity index (χ1) is 12.2. The Balaban J connectivity index is 1.87. The zero-order valence-electron chi connectivity index (χ0n) is 15.1. The van der Waals surface area contributed by atoms with E-state index in [2.05, 4.69) is 6.92 Å². The van der Waals surface area contributed by atoms with E-state index in [4.69, 9.17) is 18.8 Å². The molecule has 0 bridgehead atoms. The Morgan fingerprint density at radius 3 is 2.76 bits per heavy atom. The van der Waals surface area contributed by atoms with Gasteiger partial charge in [0.1, 0.15) is 0 Å². The van der Waals surface area contributed by atoms with E-state index < -0.39 is 0 Å². The molecule has 6 heteroatoms. The topological polar surface area (TPSA) is 54.0 Å². The number of hydrogen-bond acceptors (Lipinski definition) is 5. The first-order valence-electron chi connectivity index (χ1n) is 9.00. The molecule has 136 valence electrons. The maximum atomic E-state index is 11.5. The van der Waals surface area contributed by atoms with E-state index in [1.165, 1.54) is 6.08 Å². The van der Waals surface area contributed by atoms with Gasteiger partial charge in [0, 0.05) is 6.08 Å². The number of ether oxygens (including phenoxy) is 2. The third-order valence-electron chi connectivity index (χ3n) is 3.90. The van der Waals surface area contributed by atoms with Gasteiger partial charge in [0.25, 0.3) is 0 Å². The highest BCUT2D eigenvalue weighted by molar-refractivity contribution is 6.45. The first kappa shape index (κ1) is 19.7. The van der Waals surface area contributed by atoms with Crippen LogP contribution in [-0.2, 0) is 30.2 Å². The van der Waals surface area contributed by atoms with Crippen molar-refractivity contribution in [2.45, 2.75) is 51.8 Å².